The number of furan rings is 1. The molecular formula is C20H25N5O3. The molecule has 3 aromatic rings. The van der Waals surface area contributed by atoms with Crippen LogP contribution in [0.5, 0.6) is 0 Å². The lowest BCUT2D eigenvalue weighted by atomic mass is 10.1. The maximum atomic E-state index is 12.9. The van der Waals surface area contributed by atoms with Crippen molar-refractivity contribution in [1.82, 2.24) is 25.3 Å². The largest absolute Gasteiger partial charge is 0.463 e. The van der Waals surface area contributed by atoms with E-state index in [0.29, 0.717) is 40.4 Å². The molecule has 1 aliphatic heterocycles. The third-order valence-electron chi connectivity index (χ3n) is 5.17. The van der Waals surface area contributed by atoms with Crippen molar-refractivity contribution in [1.29, 1.82) is 0 Å². The summed E-state index contributed by atoms with van der Waals surface area (Å²) >= 11 is 0. The Kier molecular flexibility index (Phi) is 5.40. The number of fused-ring (bicyclic) bond motifs is 1. The fourth-order valence-electron chi connectivity index (χ4n) is 3.50. The summed E-state index contributed by atoms with van der Waals surface area (Å²) in [5, 5.41) is 7.64. The van der Waals surface area contributed by atoms with Crippen molar-refractivity contribution in [2.24, 2.45) is 0 Å². The van der Waals surface area contributed by atoms with E-state index in [-0.39, 0.29) is 5.91 Å². The SMILES string of the molecule is Cc1noc2nc(-c3ccco3)cc(C(=O)NCCCN3CCN(C)CC3)c12. The zero-order valence-corrected chi connectivity index (χ0v) is 16.3. The molecule has 28 heavy (non-hydrogen) atoms. The van der Waals surface area contributed by atoms with E-state index in [9.17, 15) is 4.79 Å². The Balaban J connectivity index is 1.44. The summed E-state index contributed by atoms with van der Waals surface area (Å²) in [5.74, 6) is 0.435. The van der Waals surface area contributed by atoms with Gasteiger partial charge in [-0.2, -0.15) is 0 Å². The molecule has 4 rings (SSSR count). The number of aryl methyl sites for hydroxylation is 1. The van der Waals surface area contributed by atoms with E-state index in [2.05, 4.69) is 32.3 Å². The molecule has 0 aliphatic carbocycles. The topological polar surface area (TPSA) is 87.6 Å². The van der Waals surface area contributed by atoms with Gasteiger partial charge in [0.2, 0.25) is 0 Å². The van der Waals surface area contributed by atoms with Gasteiger partial charge in [0.15, 0.2) is 5.76 Å². The van der Waals surface area contributed by atoms with Gasteiger partial charge < -0.3 is 24.1 Å². The number of likely N-dealkylation sites (N-methyl/N-ethyl adjacent to an activating group) is 1. The Bertz CT molecular complexity index is 942. The third-order valence-corrected chi connectivity index (χ3v) is 5.17. The quantitative estimate of drug-likeness (QED) is 0.653. The molecule has 4 heterocycles. The molecule has 1 fully saturated rings. The van der Waals surface area contributed by atoms with Crippen LogP contribution in [0.1, 0.15) is 22.5 Å². The number of aromatic nitrogens is 2. The van der Waals surface area contributed by atoms with Crippen LogP contribution in [0.4, 0.5) is 0 Å². The van der Waals surface area contributed by atoms with Crippen molar-refractivity contribution >= 4 is 17.0 Å². The van der Waals surface area contributed by atoms with E-state index < -0.39 is 0 Å². The Hall–Kier alpha value is -2.71. The van der Waals surface area contributed by atoms with E-state index in [1.807, 2.05) is 6.92 Å². The van der Waals surface area contributed by atoms with Gasteiger partial charge in [-0.15, -0.1) is 0 Å². The highest BCUT2D eigenvalue weighted by atomic mass is 16.5. The lowest BCUT2D eigenvalue weighted by molar-refractivity contribution is 0.0951. The van der Waals surface area contributed by atoms with Crippen LogP contribution >= 0.6 is 0 Å². The van der Waals surface area contributed by atoms with Crippen LogP contribution in [0.2, 0.25) is 0 Å². The Labute approximate surface area is 163 Å². The second-order valence-electron chi connectivity index (χ2n) is 7.23. The van der Waals surface area contributed by atoms with Crippen LogP contribution in [-0.4, -0.2) is 72.2 Å². The standard InChI is InChI=1S/C20H25N5O3/c1-14-18-15(13-16(17-5-3-12-27-17)22-20(18)28-23-14)19(26)21-6-4-7-25-10-8-24(2)9-11-25/h3,5,12-13H,4,6-11H2,1-2H3,(H,21,26). The highest BCUT2D eigenvalue weighted by Gasteiger charge is 2.20. The number of hydrogen-bond donors (Lipinski definition) is 1. The summed E-state index contributed by atoms with van der Waals surface area (Å²) in [6.07, 6.45) is 2.49. The molecular weight excluding hydrogens is 358 g/mol. The fourth-order valence-corrected chi connectivity index (χ4v) is 3.50. The minimum Gasteiger partial charge on any atom is -0.463 e. The molecule has 0 radical (unpaired) electrons. The number of hydrogen-bond acceptors (Lipinski definition) is 7. The zero-order chi connectivity index (χ0) is 19.5. The van der Waals surface area contributed by atoms with Crippen molar-refractivity contribution in [3.63, 3.8) is 0 Å². The molecule has 148 valence electrons. The van der Waals surface area contributed by atoms with Gasteiger partial charge in [0.05, 0.1) is 22.9 Å². The average molecular weight is 383 g/mol. The van der Waals surface area contributed by atoms with Crippen LogP contribution in [0.3, 0.4) is 0 Å². The summed E-state index contributed by atoms with van der Waals surface area (Å²) < 4.78 is 10.7. The lowest BCUT2D eigenvalue weighted by Crippen LogP contribution is -2.45. The van der Waals surface area contributed by atoms with E-state index in [4.69, 9.17) is 8.94 Å². The maximum absolute atomic E-state index is 12.9. The van der Waals surface area contributed by atoms with Crippen molar-refractivity contribution in [3.8, 4) is 11.5 Å². The summed E-state index contributed by atoms with van der Waals surface area (Å²) in [7, 11) is 2.15. The second-order valence-corrected chi connectivity index (χ2v) is 7.23. The molecule has 0 aromatic carbocycles. The highest BCUT2D eigenvalue weighted by molar-refractivity contribution is 6.06. The summed E-state index contributed by atoms with van der Waals surface area (Å²) in [6, 6.07) is 5.32. The van der Waals surface area contributed by atoms with Crippen molar-refractivity contribution < 1.29 is 13.7 Å². The minimum absolute atomic E-state index is 0.148. The van der Waals surface area contributed by atoms with Gasteiger partial charge in [0.1, 0.15) is 5.69 Å². The number of nitrogens with one attached hydrogen (secondary N) is 1. The summed E-state index contributed by atoms with van der Waals surface area (Å²) in [4.78, 5) is 22.1. The molecule has 1 aliphatic rings. The molecule has 1 saturated heterocycles. The molecule has 0 spiro atoms. The Morgan fingerprint density at radius 3 is 2.86 bits per heavy atom. The van der Waals surface area contributed by atoms with Gasteiger partial charge in [-0.25, -0.2) is 4.98 Å². The molecule has 0 unspecified atom stereocenters. The number of pyridine rings is 1. The summed E-state index contributed by atoms with van der Waals surface area (Å²) in [6.45, 7) is 7.79. The first-order chi connectivity index (χ1) is 13.6. The number of amides is 1. The van der Waals surface area contributed by atoms with E-state index in [1.165, 1.54) is 0 Å². The molecule has 1 amide bonds. The van der Waals surface area contributed by atoms with Crippen LogP contribution in [0, 0.1) is 6.92 Å². The summed E-state index contributed by atoms with van der Waals surface area (Å²) in [5.41, 5.74) is 2.05. The molecule has 3 aromatic heterocycles. The number of carbonyl (C=O) groups excluding carboxylic acids is 1. The minimum atomic E-state index is -0.148. The predicted molar refractivity (Wildman–Crippen MR) is 105 cm³/mol. The molecule has 1 N–H and O–H groups in total. The first kappa shape index (κ1) is 18.6. The van der Waals surface area contributed by atoms with Crippen LogP contribution < -0.4 is 5.32 Å². The second kappa shape index (κ2) is 8.12. The van der Waals surface area contributed by atoms with Crippen molar-refractivity contribution in [3.05, 3.63) is 35.7 Å². The number of piperazine rings is 1. The predicted octanol–water partition coefficient (Wildman–Crippen LogP) is 2.16. The van der Waals surface area contributed by atoms with Gasteiger partial charge in [0, 0.05) is 32.7 Å². The molecule has 8 heteroatoms. The van der Waals surface area contributed by atoms with Gasteiger partial charge in [-0.1, -0.05) is 5.16 Å². The Morgan fingerprint density at radius 1 is 1.29 bits per heavy atom. The first-order valence-electron chi connectivity index (χ1n) is 9.62. The molecule has 0 bridgehead atoms. The Morgan fingerprint density at radius 2 is 2.11 bits per heavy atom. The molecule has 0 saturated carbocycles. The van der Waals surface area contributed by atoms with Crippen molar-refractivity contribution in [2.75, 3.05) is 46.3 Å². The number of nitrogens with zero attached hydrogens (tertiary/aromatic N) is 4. The molecule has 0 atom stereocenters. The van der Waals surface area contributed by atoms with Crippen LogP contribution in [0.25, 0.3) is 22.6 Å². The van der Waals surface area contributed by atoms with Gasteiger partial charge in [-0.05, 0) is 45.1 Å². The van der Waals surface area contributed by atoms with E-state index >= 15 is 0 Å². The number of rotatable bonds is 6. The first-order valence-corrected chi connectivity index (χ1v) is 9.62. The van der Waals surface area contributed by atoms with Crippen LogP contribution in [-0.2, 0) is 0 Å². The lowest BCUT2D eigenvalue weighted by Gasteiger charge is -2.32. The molecule has 8 nitrogen and oxygen atoms in total. The van der Waals surface area contributed by atoms with Crippen LogP contribution in [0.15, 0.2) is 33.4 Å². The highest BCUT2D eigenvalue weighted by Crippen LogP contribution is 2.27. The van der Waals surface area contributed by atoms with Gasteiger partial charge in [-0.3, -0.25) is 4.79 Å². The third kappa shape index (κ3) is 3.93. The van der Waals surface area contributed by atoms with Crippen molar-refractivity contribution in [2.45, 2.75) is 13.3 Å². The van der Waals surface area contributed by atoms with E-state index in [0.717, 1.165) is 39.1 Å². The van der Waals surface area contributed by atoms with Gasteiger partial charge in [0.25, 0.3) is 11.6 Å². The fraction of sp³-hybridized carbons (Fsp3) is 0.450. The zero-order valence-electron chi connectivity index (χ0n) is 16.3. The maximum Gasteiger partial charge on any atom is 0.259 e. The smallest absolute Gasteiger partial charge is 0.259 e. The average Bonchev–Trinajstić information content (AvgIpc) is 3.36. The normalized spacial score (nSPS) is 15.9. The number of carbonyl (C=O) groups is 1. The van der Waals surface area contributed by atoms with Gasteiger partial charge >= 0.3 is 0 Å². The van der Waals surface area contributed by atoms with E-state index in [1.54, 1.807) is 24.5 Å². The monoisotopic (exact) mass is 383 g/mol.